The first-order valence-electron chi connectivity index (χ1n) is 10.7. The minimum atomic E-state index is -0.673. The number of piperazine rings is 1. The van der Waals surface area contributed by atoms with Gasteiger partial charge in [-0.15, -0.1) is 24.8 Å². The highest BCUT2D eigenvalue weighted by Gasteiger charge is 2.40. The van der Waals surface area contributed by atoms with Crippen LogP contribution in [0, 0.1) is 5.92 Å². The third-order valence-electron chi connectivity index (χ3n) is 6.14. The standard InChI is InChI=1S/C25H34N2O2.2ClH/c1-4-24(28)29-25(2,22-13-9-6-10-14-22)23(19-21-11-7-5-8-12-21)20-27-17-15-26(3)16-18-27;;/h5-14,23H,4,15-20H2,1-3H3;2*1H. The molecule has 2 unspecified atom stereocenters. The third kappa shape index (κ3) is 7.50. The summed E-state index contributed by atoms with van der Waals surface area (Å²) >= 11 is 0. The summed E-state index contributed by atoms with van der Waals surface area (Å²) in [7, 11) is 2.18. The van der Waals surface area contributed by atoms with Crippen molar-refractivity contribution in [3.05, 3.63) is 71.8 Å². The lowest BCUT2D eigenvalue weighted by Gasteiger charge is -2.42. The van der Waals surface area contributed by atoms with Gasteiger partial charge in [-0.2, -0.15) is 0 Å². The highest BCUT2D eigenvalue weighted by atomic mass is 35.5. The quantitative estimate of drug-likeness (QED) is 0.522. The van der Waals surface area contributed by atoms with E-state index in [9.17, 15) is 4.79 Å². The zero-order valence-electron chi connectivity index (χ0n) is 18.8. The van der Waals surface area contributed by atoms with Gasteiger partial charge < -0.3 is 14.5 Å². The van der Waals surface area contributed by atoms with Gasteiger partial charge in [-0.05, 0) is 31.5 Å². The first kappa shape index (κ1) is 27.4. The normalized spacial score (nSPS) is 17.5. The molecule has 0 radical (unpaired) electrons. The molecular weight excluding hydrogens is 431 g/mol. The average molecular weight is 467 g/mol. The van der Waals surface area contributed by atoms with Crippen molar-refractivity contribution in [3.8, 4) is 0 Å². The van der Waals surface area contributed by atoms with E-state index in [0.717, 1.165) is 44.7 Å². The van der Waals surface area contributed by atoms with E-state index in [1.807, 2.05) is 31.2 Å². The number of halogens is 2. The Balaban J connectivity index is 0.00000240. The Morgan fingerprint density at radius 3 is 2.06 bits per heavy atom. The van der Waals surface area contributed by atoms with Gasteiger partial charge in [0.25, 0.3) is 0 Å². The van der Waals surface area contributed by atoms with E-state index in [0.29, 0.717) is 6.42 Å². The second-order valence-corrected chi connectivity index (χ2v) is 8.29. The van der Waals surface area contributed by atoms with E-state index in [1.165, 1.54) is 5.56 Å². The molecule has 1 fully saturated rings. The minimum absolute atomic E-state index is 0. The fourth-order valence-electron chi connectivity index (χ4n) is 4.13. The number of benzene rings is 2. The van der Waals surface area contributed by atoms with Crippen molar-refractivity contribution < 1.29 is 9.53 Å². The Labute approximate surface area is 199 Å². The molecule has 2 aromatic carbocycles. The minimum Gasteiger partial charge on any atom is -0.454 e. The molecule has 6 heteroatoms. The van der Waals surface area contributed by atoms with Crippen LogP contribution in [-0.4, -0.2) is 55.5 Å². The van der Waals surface area contributed by atoms with Gasteiger partial charge in [0, 0.05) is 45.1 Å². The van der Waals surface area contributed by atoms with E-state index >= 15 is 0 Å². The number of likely N-dealkylation sites (N-methyl/N-ethyl adjacent to an activating group) is 1. The zero-order chi connectivity index (χ0) is 20.7. The van der Waals surface area contributed by atoms with Crippen molar-refractivity contribution in [3.63, 3.8) is 0 Å². The summed E-state index contributed by atoms with van der Waals surface area (Å²) < 4.78 is 6.19. The summed E-state index contributed by atoms with van der Waals surface area (Å²) in [5.41, 5.74) is 1.67. The molecule has 0 bridgehead atoms. The Bertz CT molecular complexity index is 768. The van der Waals surface area contributed by atoms with Crippen LogP contribution in [0.4, 0.5) is 0 Å². The number of rotatable bonds is 8. The predicted molar refractivity (Wildman–Crippen MR) is 132 cm³/mol. The van der Waals surface area contributed by atoms with Crippen molar-refractivity contribution in [1.29, 1.82) is 0 Å². The number of hydrogen-bond acceptors (Lipinski definition) is 4. The molecular formula is C25H36Cl2N2O2. The predicted octanol–water partition coefficient (Wildman–Crippen LogP) is 4.80. The van der Waals surface area contributed by atoms with Gasteiger partial charge in [0.1, 0.15) is 5.60 Å². The van der Waals surface area contributed by atoms with Gasteiger partial charge in [-0.25, -0.2) is 0 Å². The highest BCUT2D eigenvalue weighted by Crippen LogP contribution is 2.37. The summed E-state index contributed by atoms with van der Waals surface area (Å²) in [4.78, 5) is 17.3. The molecule has 0 spiro atoms. The Morgan fingerprint density at radius 1 is 0.968 bits per heavy atom. The first-order chi connectivity index (χ1) is 14.0. The largest absolute Gasteiger partial charge is 0.454 e. The molecule has 31 heavy (non-hydrogen) atoms. The number of ether oxygens (including phenoxy) is 1. The van der Waals surface area contributed by atoms with Crippen molar-refractivity contribution in [2.75, 3.05) is 39.8 Å². The van der Waals surface area contributed by atoms with Crippen molar-refractivity contribution in [2.24, 2.45) is 5.92 Å². The van der Waals surface area contributed by atoms with Crippen LogP contribution in [0.15, 0.2) is 60.7 Å². The summed E-state index contributed by atoms with van der Waals surface area (Å²) in [6, 6.07) is 20.8. The van der Waals surface area contributed by atoms with Crippen LogP contribution in [-0.2, 0) is 21.6 Å². The summed E-state index contributed by atoms with van der Waals surface area (Å²) in [6.45, 7) is 9.12. The molecule has 3 rings (SSSR count). The van der Waals surface area contributed by atoms with Gasteiger partial charge >= 0.3 is 5.97 Å². The molecule has 0 saturated carbocycles. The van der Waals surface area contributed by atoms with Gasteiger partial charge in [0.05, 0.1) is 0 Å². The first-order valence-corrected chi connectivity index (χ1v) is 10.7. The molecule has 1 saturated heterocycles. The van der Waals surface area contributed by atoms with Gasteiger partial charge in [-0.1, -0.05) is 67.6 Å². The maximum Gasteiger partial charge on any atom is 0.306 e. The van der Waals surface area contributed by atoms with Gasteiger partial charge in [-0.3, -0.25) is 4.79 Å². The lowest BCUT2D eigenvalue weighted by atomic mass is 9.78. The number of nitrogens with zero attached hydrogens (tertiary/aromatic N) is 2. The fraction of sp³-hybridized carbons (Fsp3) is 0.480. The second-order valence-electron chi connectivity index (χ2n) is 8.29. The Morgan fingerprint density at radius 2 is 1.52 bits per heavy atom. The molecule has 2 atom stereocenters. The number of carbonyl (C=O) groups excluding carboxylic acids is 1. The topological polar surface area (TPSA) is 32.8 Å². The molecule has 4 nitrogen and oxygen atoms in total. The van der Waals surface area contributed by atoms with Gasteiger partial charge in [0.2, 0.25) is 0 Å². The SMILES string of the molecule is CCC(=O)OC(C)(c1ccccc1)C(Cc1ccccc1)CN1CCN(C)CC1.Cl.Cl. The summed E-state index contributed by atoms with van der Waals surface area (Å²) in [5, 5.41) is 0. The molecule has 1 aliphatic rings. The van der Waals surface area contributed by atoms with Crippen LogP contribution in [0.5, 0.6) is 0 Å². The van der Waals surface area contributed by atoms with E-state index in [-0.39, 0.29) is 36.7 Å². The van der Waals surface area contributed by atoms with E-state index < -0.39 is 5.60 Å². The van der Waals surface area contributed by atoms with Crippen LogP contribution >= 0.6 is 24.8 Å². The lowest BCUT2D eigenvalue weighted by Crippen LogP contribution is -2.50. The van der Waals surface area contributed by atoms with Crippen LogP contribution < -0.4 is 0 Å². The average Bonchev–Trinajstić information content (AvgIpc) is 2.76. The van der Waals surface area contributed by atoms with Crippen molar-refractivity contribution in [1.82, 2.24) is 9.80 Å². The van der Waals surface area contributed by atoms with Crippen LogP contribution in [0.25, 0.3) is 0 Å². The fourth-order valence-corrected chi connectivity index (χ4v) is 4.13. The molecule has 0 aromatic heterocycles. The summed E-state index contributed by atoms with van der Waals surface area (Å²) in [6.07, 6.45) is 1.25. The molecule has 0 N–H and O–H groups in total. The number of hydrogen-bond donors (Lipinski definition) is 0. The molecule has 172 valence electrons. The molecule has 1 aliphatic heterocycles. The smallest absolute Gasteiger partial charge is 0.306 e. The van der Waals surface area contributed by atoms with E-state index in [4.69, 9.17) is 4.74 Å². The van der Waals surface area contributed by atoms with Crippen molar-refractivity contribution in [2.45, 2.75) is 32.3 Å². The lowest BCUT2D eigenvalue weighted by molar-refractivity contribution is -0.166. The molecule has 2 aromatic rings. The second kappa shape index (κ2) is 13.1. The van der Waals surface area contributed by atoms with Crippen molar-refractivity contribution >= 4 is 30.8 Å². The Kier molecular flexibility index (Phi) is 11.6. The third-order valence-corrected chi connectivity index (χ3v) is 6.14. The monoisotopic (exact) mass is 466 g/mol. The van der Waals surface area contributed by atoms with E-state index in [2.05, 4.69) is 60.2 Å². The summed E-state index contributed by atoms with van der Waals surface area (Å²) in [5.74, 6) is 0.0130. The Hall–Kier alpha value is -1.59. The van der Waals surface area contributed by atoms with Crippen LogP contribution in [0.2, 0.25) is 0 Å². The molecule has 1 heterocycles. The van der Waals surface area contributed by atoms with Crippen LogP contribution in [0.1, 0.15) is 31.4 Å². The molecule has 0 amide bonds. The van der Waals surface area contributed by atoms with E-state index in [1.54, 1.807) is 0 Å². The van der Waals surface area contributed by atoms with Gasteiger partial charge in [0.15, 0.2) is 0 Å². The number of esters is 1. The maximum atomic E-state index is 12.5. The zero-order valence-corrected chi connectivity index (χ0v) is 20.5. The van der Waals surface area contributed by atoms with Crippen LogP contribution in [0.3, 0.4) is 0 Å². The molecule has 0 aliphatic carbocycles. The number of carbonyl (C=O) groups is 1. The maximum absolute atomic E-state index is 12.5. The highest BCUT2D eigenvalue weighted by molar-refractivity contribution is 5.85.